The maximum Gasteiger partial charge on any atom is 0.337 e. The Balaban J connectivity index is 1.51. The summed E-state index contributed by atoms with van der Waals surface area (Å²) < 4.78 is 4.79. The lowest BCUT2D eigenvalue weighted by molar-refractivity contribution is -0.115. The number of H-pyrrole nitrogens is 2. The summed E-state index contributed by atoms with van der Waals surface area (Å²) in [7, 11) is 1.31. The van der Waals surface area contributed by atoms with E-state index in [1.54, 1.807) is 18.2 Å². The first-order valence-corrected chi connectivity index (χ1v) is 11.2. The summed E-state index contributed by atoms with van der Waals surface area (Å²) in [5, 5.41) is 12.7. The molecule has 0 bridgehead atoms. The maximum atomic E-state index is 13.1. The van der Waals surface area contributed by atoms with Crippen molar-refractivity contribution in [1.29, 1.82) is 0 Å². The van der Waals surface area contributed by atoms with Crippen LogP contribution >= 0.6 is 0 Å². The minimum atomic E-state index is -0.671. The van der Waals surface area contributed by atoms with Crippen LogP contribution in [0, 0.1) is 0 Å². The number of hydrogen-bond acceptors (Lipinski definition) is 6. The summed E-state index contributed by atoms with van der Waals surface area (Å²) in [5.74, 6) is -1.58. The highest BCUT2D eigenvalue weighted by atomic mass is 16.5. The Morgan fingerprint density at radius 2 is 1.72 bits per heavy atom. The number of ether oxygens (including phenoxy) is 1. The molecular weight excluding hydrogens is 460 g/mol. The number of anilines is 1. The standard InChI is InChI=1S/C27H22N4O5/c1-36-26(34)17-9-12-19-20(14-17)29-25(33)22(19)23(16-5-3-2-4-6-16)28-18-10-7-15(8-11-18)13-21-24(32)31-27(35)30-21/h2-12,14,22,32H,13H2,1H3,(H,29,33)(H2,30,31,35). The van der Waals surface area contributed by atoms with Crippen molar-refractivity contribution < 1.29 is 19.4 Å². The second kappa shape index (κ2) is 9.38. The summed E-state index contributed by atoms with van der Waals surface area (Å²) in [5.41, 5.74) is 4.40. The number of nitrogens with one attached hydrogen (secondary N) is 3. The Hall–Kier alpha value is -4.92. The number of aromatic amines is 2. The van der Waals surface area contributed by atoms with Crippen LogP contribution < -0.4 is 11.0 Å². The largest absolute Gasteiger partial charge is 0.493 e. The summed E-state index contributed by atoms with van der Waals surface area (Å²) in [4.78, 5) is 46.2. The fraction of sp³-hybridized carbons (Fsp3) is 0.111. The van der Waals surface area contributed by atoms with Gasteiger partial charge in [-0.15, -0.1) is 0 Å². The van der Waals surface area contributed by atoms with E-state index in [9.17, 15) is 19.5 Å². The first-order chi connectivity index (χ1) is 17.4. The molecule has 1 amide bonds. The van der Waals surface area contributed by atoms with Crippen LogP contribution in [-0.2, 0) is 16.0 Å². The maximum absolute atomic E-state index is 13.1. The second-order valence-corrected chi connectivity index (χ2v) is 8.33. The minimum Gasteiger partial charge on any atom is -0.493 e. The zero-order chi connectivity index (χ0) is 25.2. The van der Waals surface area contributed by atoms with Crippen molar-refractivity contribution in [2.24, 2.45) is 4.99 Å². The molecule has 0 fully saturated rings. The van der Waals surface area contributed by atoms with Gasteiger partial charge >= 0.3 is 11.7 Å². The number of fused-ring (bicyclic) bond motifs is 1. The molecule has 4 N–H and O–H groups in total. The first-order valence-electron chi connectivity index (χ1n) is 11.2. The highest BCUT2D eigenvalue weighted by Gasteiger charge is 2.36. The van der Waals surface area contributed by atoms with Gasteiger partial charge in [-0.1, -0.05) is 48.5 Å². The number of nitrogens with zero attached hydrogens (tertiary/aromatic N) is 1. The Kier molecular flexibility index (Phi) is 5.95. The van der Waals surface area contributed by atoms with Crippen molar-refractivity contribution in [2.45, 2.75) is 12.3 Å². The molecule has 4 aromatic rings. The van der Waals surface area contributed by atoms with E-state index in [1.165, 1.54) is 7.11 Å². The van der Waals surface area contributed by atoms with E-state index in [0.29, 0.717) is 34.8 Å². The Morgan fingerprint density at radius 3 is 2.39 bits per heavy atom. The molecule has 3 aromatic carbocycles. The van der Waals surface area contributed by atoms with Crippen LogP contribution in [0.1, 0.15) is 38.7 Å². The number of hydrogen-bond donors (Lipinski definition) is 4. The quantitative estimate of drug-likeness (QED) is 0.246. The van der Waals surface area contributed by atoms with E-state index < -0.39 is 17.6 Å². The number of aromatic hydroxyl groups is 1. The lowest BCUT2D eigenvalue weighted by Crippen LogP contribution is -2.21. The van der Waals surface area contributed by atoms with Crippen LogP contribution in [0.15, 0.2) is 82.6 Å². The number of aliphatic imine (C=N–C) groups is 1. The number of esters is 1. The molecule has 36 heavy (non-hydrogen) atoms. The number of methoxy groups -OCH3 is 1. The van der Waals surface area contributed by atoms with Gasteiger partial charge in [0.2, 0.25) is 11.8 Å². The van der Waals surface area contributed by atoms with Gasteiger partial charge in [0.15, 0.2) is 0 Å². The molecule has 1 aromatic heterocycles. The molecule has 9 nitrogen and oxygen atoms in total. The van der Waals surface area contributed by atoms with Crippen molar-refractivity contribution in [3.05, 3.63) is 111 Å². The van der Waals surface area contributed by atoms with E-state index in [2.05, 4.69) is 15.3 Å². The molecule has 180 valence electrons. The average Bonchev–Trinajstić information content (AvgIpc) is 3.39. The van der Waals surface area contributed by atoms with Crippen LogP contribution in [0.5, 0.6) is 5.88 Å². The molecular formula is C27H22N4O5. The van der Waals surface area contributed by atoms with Crippen molar-refractivity contribution in [3.63, 3.8) is 0 Å². The van der Waals surface area contributed by atoms with Crippen LogP contribution in [-0.4, -0.2) is 39.8 Å². The summed E-state index contributed by atoms with van der Waals surface area (Å²) in [6.45, 7) is 0. The predicted molar refractivity (Wildman–Crippen MR) is 134 cm³/mol. The Labute approximate surface area is 205 Å². The van der Waals surface area contributed by atoms with E-state index in [0.717, 1.165) is 16.7 Å². The molecule has 1 atom stereocenters. The molecule has 1 aliphatic rings. The number of carbonyl (C=O) groups is 2. The van der Waals surface area contributed by atoms with Gasteiger partial charge in [0.05, 0.1) is 29.8 Å². The molecule has 0 saturated heterocycles. The second-order valence-electron chi connectivity index (χ2n) is 8.33. The van der Waals surface area contributed by atoms with E-state index in [1.807, 2.05) is 54.6 Å². The van der Waals surface area contributed by atoms with Gasteiger partial charge in [-0.3, -0.25) is 14.8 Å². The number of rotatable bonds is 6. The smallest absolute Gasteiger partial charge is 0.337 e. The summed E-state index contributed by atoms with van der Waals surface area (Å²) >= 11 is 0. The fourth-order valence-corrected chi connectivity index (χ4v) is 4.25. The van der Waals surface area contributed by atoms with Gasteiger partial charge < -0.3 is 20.1 Å². The SMILES string of the molecule is COC(=O)c1ccc2c(c1)NC(=O)C2C(=Nc1ccc(Cc2[nH]c(=O)[nH]c2O)cc1)c1ccccc1. The van der Waals surface area contributed by atoms with Gasteiger partial charge in [-0.2, -0.15) is 0 Å². The number of carbonyl (C=O) groups excluding carboxylic acids is 2. The molecule has 0 aliphatic carbocycles. The monoisotopic (exact) mass is 482 g/mol. The van der Waals surface area contributed by atoms with Crippen molar-refractivity contribution in [3.8, 4) is 5.88 Å². The number of imidazole rings is 1. The topological polar surface area (TPSA) is 137 Å². The zero-order valence-corrected chi connectivity index (χ0v) is 19.2. The fourth-order valence-electron chi connectivity index (χ4n) is 4.25. The van der Waals surface area contributed by atoms with E-state index in [4.69, 9.17) is 9.73 Å². The number of amides is 1. The van der Waals surface area contributed by atoms with Crippen LogP contribution in [0.3, 0.4) is 0 Å². The van der Waals surface area contributed by atoms with Crippen LogP contribution in [0.2, 0.25) is 0 Å². The lowest BCUT2D eigenvalue weighted by Gasteiger charge is -2.14. The first kappa shape index (κ1) is 22.9. The zero-order valence-electron chi connectivity index (χ0n) is 19.2. The van der Waals surface area contributed by atoms with Crippen molar-refractivity contribution in [1.82, 2.24) is 9.97 Å². The lowest BCUT2D eigenvalue weighted by atomic mass is 9.90. The Bertz CT molecular complexity index is 1530. The van der Waals surface area contributed by atoms with Gasteiger partial charge in [0, 0.05) is 12.1 Å². The van der Waals surface area contributed by atoms with Crippen LogP contribution in [0.25, 0.3) is 0 Å². The third-order valence-corrected chi connectivity index (χ3v) is 6.00. The normalized spacial score (nSPS) is 14.9. The number of aromatic nitrogens is 2. The molecule has 0 radical (unpaired) electrons. The molecule has 1 unspecified atom stereocenters. The third kappa shape index (κ3) is 4.41. The molecule has 0 spiro atoms. The third-order valence-electron chi connectivity index (χ3n) is 6.00. The Morgan fingerprint density at radius 1 is 0.972 bits per heavy atom. The van der Waals surface area contributed by atoms with Gasteiger partial charge in [0.1, 0.15) is 5.92 Å². The highest BCUT2D eigenvalue weighted by Crippen LogP contribution is 2.37. The number of benzene rings is 3. The summed E-state index contributed by atoms with van der Waals surface area (Å²) in [6.07, 6.45) is 0.334. The van der Waals surface area contributed by atoms with Crippen LogP contribution in [0.4, 0.5) is 11.4 Å². The molecule has 9 heteroatoms. The predicted octanol–water partition coefficient (Wildman–Crippen LogP) is 3.64. The van der Waals surface area contributed by atoms with Crippen molar-refractivity contribution >= 4 is 29.0 Å². The molecule has 0 saturated carbocycles. The molecule has 5 rings (SSSR count). The minimum absolute atomic E-state index is 0.185. The van der Waals surface area contributed by atoms with Gasteiger partial charge in [-0.05, 0) is 41.0 Å². The van der Waals surface area contributed by atoms with Crippen molar-refractivity contribution in [2.75, 3.05) is 12.4 Å². The van der Waals surface area contributed by atoms with E-state index >= 15 is 0 Å². The highest BCUT2D eigenvalue weighted by molar-refractivity contribution is 6.24. The van der Waals surface area contributed by atoms with Gasteiger partial charge in [-0.25, -0.2) is 9.59 Å². The van der Waals surface area contributed by atoms with Gasteiger partial charge in [0.25, 0.3) is 0 Å². The average molecular weight is 482 g/mol. The summed E-state index contributed by atoms with van der Waals surface area (Å²) in [6, 6.07) is 21.7. The van der Waals surface area contributed by atoms with E-state index in [-0.39, 0.29) is 11.8 Å². The molecule has 2 heterocycles. The molecule has 1 aliphatic heterocycles.